The smallest absolute Gasteiger partial charge is 0.00947 e. The zero-order valence-corrected chi connectivity index (χ0v) is 11.6. The molecule has 1 aliphatic carbocycles. The van der Waals surface area contributed by atoms with Crippen LogP contribution in [0.15, 0.2) is 0 Å². The molecular formula is C14H30N2. The lowest BCUT2D eigenvalue weighted by Gasteiger charge is -2.34. The molecule has 96 valence electrons. The molecule has 1 saturated carbocycles. The fourth-order valence-electron chi connectivity index (χ4n) is 2.78. The maximum Gasteiger partial charge on any atom is 0.00947 e. The Kier molecular flexibility index (Phi) is 6.37. The molecule has 0 spiro atoms. The summed E-state index contributed by atoms with van der Waals surface area (Å²) in [7, 11) is 4.37. The molecule has 0 saturated heterocycles. The van der Waals surface area contributed by atoms with Crippen molar-refractivity contribution in [2.75, 3.05) is 20.6 Å². The van der Waals surface area contributed by atoms with Gasteiger partial charge in [-0.15, -0.1) is 0 Å². The topological polar surface area (TPSA) is 15.3 Å². The van der Waals surface area contributed by atoms with E-state index in [-0.39, 0.29) is 0 Å². The molecular weight excluding hydrogens is 196 g/mol. The van der Waals surface area contributed by atoms with Gasteiger partial charge in [-0.2, -0.15) is 0 Å². The average molecular weight is 226 g/mol. The van der Waals surface area contributed by atoms with Gasteiger partial charge in [0.05, 0.1) is 0 Å². The first-order valence-corrected chi connectivity index (χ1v) is 7.01. The summed E-state index contributed by atoms with van der Waals surface area (Å²) >= 11 is 0. The number of rotatable bonds is 6. The van der Waals surface area contributed by atoms with Crippen LogP contribution in [0.5, 0.6) is 0 Å². The van der Waals surface area contributed by atoms with Crippen LogP contribution in [0.2, 0.25) is 0 Å². The maximum absolute atomic E-state index is 3.31. The monoisotopic (exact) mass is 226 g/mol. The Bertz CT molecular complexity index is 182. The highest BCUT2D eigenvalue weighted by Gasteiger charge is 2.21. The number of hydrogen-bond donors (Lipinski definition) is 1. The third-order valence-electron chi connectivity index (χ3n) is 4.17. The Labute approximate surface area is 102 Å². The van der Waals surface area contributed by atoms with E-state index in [0.717, 1.165) is 12.0 Å². The van der Waals surface area contributed by atoms with Crippen molar-refractivity contribution in [2.24, 2.45) is 5.92 Å². The number of hydrogen-bond acceptors (Lipinski definition) is 2. The van der Waals surface area contributed by atoms with Gasteiger partial charge in [0.2, 0.25) is 0 Å². The minimum absolute atomic E-state index is 0.665. The van der Waals surface area contributed by atoms with Crippen LogP contribution in [0.1, 0.15) is 52.4 Å². The van der Waals surface area contributed by atoms with Gasteiger partial charge in [0, 0.05) is 12.1 Å². The van der Waals surface area contributed by atoms with E-state index < -0.39 is 0 Å². The van der Waals surface area contributed by atoms with E-state index in [4.69, 9.17) is 0 Å². The molecule has 3 unspecified atom stereocenters. The molecule has 1 aliphatic rings. The molecule has 1 fully saturated rings. The van der Waals surface area contributed by atoms with E-state index in [9.17, 15) is 0 Å². The van der Waals surface area contributed by atoms with Crippen LogP contribution in [0.25, 0.3) is 0 Å². The second-order valence-electron chi connectivity index (χ2n) is 5.74. The van der Waals surface area contributed by atoms with Gasteiger partial charge in [0.25, 0.3) is 0 Å². The summed E-state index contributed by atoms with van der Waals surface area (Å²) < 4.78 is 0. The first kappa shape index (κ1) is 14.0. The van der Waals surface area contributed by atoms with Gasteiger partial charge in [0.15, 0.2) is 0 Å². The highest BCUT2D eigenvalue weighted by atomic mass is 15.1. The summed E-state index contributed by atoms with van der Waals surface area (Å²) in [6, 6.07) is 1.52. The van der Waals surface area contributed by atoms with Crippen LogP contribution in [0.4, 0.5) is 0 Å². The quantitative estimate of drug-likeness (QED) is 0.749. The van der Waals surface area contributed by atoms with Gasteiger partial charge < -0.3 is 10.2 Å². The van der Waals surface area contributed by atoms with Crippen LogP contribution < -0.4 is 5.32 Å². The van der Waals surface area contributed by atoms with Crippen molar-refractivity contribution in [1.82, 2.24) is 10.2 Å². The molecule has 0 bridgehead atoms. The van der Waals surface area contributed by atoms with E-state index in [1.54, 1.807) is 0 Å². The fraction of sp³-hybridized carbons (Fsp3) is 1.00. The molecule has 0 aromatic carbocycles. The highest BCUT2D eigenvalue weighted by Crippen LogP contribution is 2.26. The summed E-state index contributed by atoms with van der Waals surface area (Å²) in [5.41, 5.74) is 0. The van der Waals surface area contributed by atoms with Gasteiger partial charge in [-0.3, -0.25) is 0 Å². The van der Waals surface area contributed by atoms with Crippen LogP contribution in [0, 0.1) is 5.92 Å². The van der Waals surface area contributed by atoms with Crippen LogP contribution in [0.3, 0.4) is 0 Å². The van der Waals surface area contributed by atoms with E-state index in [1.165, 1.54) is 45.1 Å². The standard InChI is InChI=1S/C14H30N2/c1-12-7-5-9-14(11-12)16(4)10-6-8-13(2)15-3/h12-15H,5-11H2,1-4H3. The van der Waals surface area contributed by atoms with E-state index in [0.29, 0.717) is 6.04 Å². The second kappa shape index (κ2) is 7.29. The Morgan fingerprint density at radius 1 is 1.38 bits per heavy atom. The summed E-state index contributed by atoms with van der Waals surface area (Å²) in [5.74, 6) is 0.942. The lowest BCUT2D eigenvalue weighted by atomic mass is 9.86. The SMILES string of the molecule is CNC(C)CCCN(C)C1CCCC(C)C1. The van der Waals surface area contributed by atoms with Gasteiger partial charge in [0.1, 0.15) is 0 Å². The summed E-state index contributed by atoms with van der Waals surface area (Å²) in [6.45, 7) is 5.94. The molecule has 0 aromatic rings. The summed E-state index contributed by atoms with van der Waals surface area (Å²) in [6.07, 6.45) is 8.33. The van der Waals surface area contributed by atoms with Crippen LogP contribution in [-0.2, 0) is 0 Å². The van der Waals surface area contributed by atoms with Crippen molar-refractivity contribution in [2.45, 2.75) is 64.5 Å². The van der Waals surface area contributed by atoms with Gasteiger partial charge in [-0.1, -0.05) is 19.8 Å². The maximum atomic E-state index is 3.31. The van der Waals surface area contributed by atoms with E-state index in [2.05, 4.69) is 38.2 Å². The van der Waals surface area contributed by atoms with Crippen molar-refractivity contribution in [3.8, 4) is 0 Å². The fourth-order valence-corrected chi connectivity index (χ4v) is 2.78. The van der Waals surface area contributed by atoms with Crippen molar-refractivity contribution in [1.29, 1.82) is 0 Å². The second-order valence-corrected chi connectivity index (χ2v) is 5.74. The van der Waals surface area contributed by atoms with Crippen molar-refractivity contribution < 1.29 is 0 Å². The lowest BCUT2D eigenvalue weighted by molar-refractivity contribution is 0.161. The predicted octanol–water partition coefficient (Wildman–Crippen LogP) is 2.89. The van der Waals surface area contributed by atoms with Crippen LogP contribution >= 0.6 is 0 Å². The Hall–Kier alpha value is -0.0800. The number of nitrogens with zero attached hydrogens (tertiary/aromatic N) is 1. The van der Waals surface area contributed by atoms with Crippen molar-refractivity contribution >= 4 is 0 Å². The third-order valence-corrected chi connectivity index (χ3v) is 4.17. The molecule has 0 radical (unpaired) electrons. The Morgan fingerprint density at radius 2 is 2.12 bits per heavy atom. The normalized spacial score (nSPS) is 28.3. The van der Waals surface area contributed by atoms with Gasteiger partial charge in [-0.25, -0.2) is 0 Å². The Morgan fingerprint density at radius 3 is 2.75 bits per heavy atom. The molecule has 2 nitrogen and oxygen atoms in total. The average Bonchev–Trinajstić information content (AvgIpc) is 2.28. The van der Waals surface area contributed by atoms with Gasteiger partial charge >= 0.3 is 0 Å². The summed E-state index contributed by atoms with van der Waals surface area (Å²) in [4.78, 5) is 2.60. The molecule has 1 N–H and O–H groups in total. The molecule has 16 heavy (non-hydrogen) atoms. The lowest BCUT2D eigenvalue weighted by Crippen LogP contribution is -2.36. The minimum atomic E-state index is 0.665. The minimum Gasteiger partial charge on any atom is -0.317 e. The zero-order valence-electron chi connectivity index (χ0n) is 11.6. The van der Waals surface area contributed by atoms with Crippen molar-refractivity contribution in [3.05, 3.63) is 0 Å². The number of nitrogens with one attached hydrogen (secondary N) is 1. The largest absolute Gasteiger partial charge is 0.317 e. The predicted molar refractivity (Wildman–Crippen MR) is 71.8 cm³/mol. The van der Waals surface area contributed by atoms with Crippen molar-refractivity contribution in [3.63, 3.8) is 0 Å². The van der Waals surface area contributed by atoms with E-state index >= 15 is 0 Å². The molecule has 0 heterocycles. The molecule has 0 amide bonds. The third kappa shape index (κ3) is 4.84. The molecule has 3 atom stereocenters. The summed E-state index contributed by atoms with van der Waals surface area (Å²) in [5, 5.41) is 3.31. The van der Waals surface area contributed by atoms with Crippen LogP contribution in [-0.4, -0.2) is 37.6 Å². The molecule has 0 aliphatic heterocycles. The Balaban J connectivity index is 2.16. The zero-order chi connectivity index (χ0) is 12.0. The van der Waals surface area contributed by atoms with E-state index in [1.807, 2.05) is 0 Å². The first-order chi connectivity index (χ1) is 7.63. The molecule has 2 heteroatoms. The molecule has 0 aromatic heterocycles. The first-order valence-electron chi connectivity index (χ1n) is 7.01. The highest BCUT2D eigenvalue weighted by molar-refractivity contribution is 4.77. The molecule has 1 rings (SSSR count). The van der Waals surface area contributed by atoms with Gasteiger partial charge in [-0.05, 0) is 59.2 Å².